The third-order valence-electron chi connectivity index (χ3n) is 5.85. The van der Waals surface area contributed by atoms with Crippen molar-refractivity contribution >= 4 is 29.6 Å². The van der Waals surface area contributed by atoms with E-state index >= 15 is 0 Å². The lowest BCUT2D eigenvalue weighted by Gasteiger charge is -2.31. The Hall–Kier alpha value is -2.63. The number of hydrogen-bond donors (Lipinski definition) is 1. The maximum atomic E-state index is 12.9. The summed E-state index contributed by atoms with van der Waals surface area (Å²) >= 11 is 0. The average Bonchev–Trinajstić information content (AvgIpc) is 3.33. The van der Waals surface area contributed by atoms with Gasteiger partial charge in [0, 0.05) is 24.8 Å². The SMILES string of the molecule is Cc1cc(N2CCCC2)ccc1/C=C1\C(=O)NC(=O)N(C2CCCC2)C1=O. The smallest absolute Gasteiger partial charge is 0.331 e. The van der Waals surface area contributed by atoms with Crippen LogP contribution in [0.15, 0.2) is 23.8 Å². The van der Waals surface area contributed by atoms with E-state index in [1.807, 2.05) is 19.1 Å². The number of hydrogen-bond acceptors (Lipinski definition) is 4. The molecule has 142 valence electrons. The van der Waals surface area contributed by atoms with E-state index < -0.39 is 17.8 Å². The minimum Gasteiger partial charge on any atom is -0.372 e. The van der Waals surface area contributed by atoms with Gasteiger partial charge in [-0.25, -0.2) is 4.79 Å². The van der Waals surface area contributed by atoms with Gasteiger partial charge in [-0.05, 0) is 61.9 Å². The number of carbonyl (C=O) groups excluding carboxylic acids is 3. The van der Waals surface area contributed by atoms with E-state index in [0.29, 0.717) is 0 Å². The van der Waals surface area contributed by atoms with Gasteiger partial charge < -0.3 is 4.90 Å². The largest absolute Gasteiger partial charge is 0.372 e. The first-order valence-electron chi connectivity index (χ1n) is 9.81. The second-order valence-corrected chi connectivity index (χ2v) is 7.67. The molecule has 3 fully saturated rings. The number of carbonyl (C=O) groups is 3. The van der Waals surface area contributed by atoms with Crippen LogP contribution in [-0.4, -0.2) is 41.9 Å². The van der Waals surface area contributed by atoms with Crippen molar-refractivity contribution < 1.29 is 14.4 Å². The van der Waals surface area contributed by atoms with E-state index in [1.54, 1.807) is 6.08 Å². The van der Waals surface area contributed by atoms with Crippen LogP contribution in [0.4, 0.5) is 10.5 Å². The highest BCUT2D eigenvalue weighted by atomic mass is 16.2. The molecule has 4 amide bonds. The van der Waals surface area contributed by atoms with Crippen molar-refractivity contribution in [2.24, 2.45) is 0 Å². The Morgan fingerprint density at radius 1 is 1.04 bits per heavy atom. The van der Waals surface area contributed by atoms with Crippen molar-refractivity contribution in [3.05, 3.63) is 34.9 Å². The maximum Gasteiger partial charge on any atom is 0.331 e. The van der Waals surface area contributed by atoms with Crippen molar-refractivity contribution in [2.45, 2.75) is 51.5 Å². The molecule has 4 rings (SSSR count). The molecular weight excluding hydrogens is 342 g/mol. The summed E-state index contributed by atoms with van der Waals surface area (Å²) in [5, 5.41) is 2.33. The highest BCUT2D eigenvalue weighted by Crippen LogP contribution is 2.28. The second kappa shape index (κ2) is 7.18. The Balaban J connectivity index is 1.62. The molecule has 1 saturated carbocycles. The zero-order chi connectivity index (χ0) is 19.0. The van der Waals surface area contributed by atoms with Crippen molar-refractivity contribution in [2.75, 3.05) is 18.0 Å². The molecule has 3 aliphatic rings. The van der Waals surface area contributed by atoms with Crippen molar-refractivity contribution in [1.82, 2.24) is 10.2 Å². The molecule has 27 heavy (non-hydrogen) atoms. The lowest BCUT2D eigenvalue weighted by atomic mass is 10.0. The van der Waals surface area contributed by atoms with Gasteiger partial charge in [-0.15, -0.1) is 0 Å². The fourth-order valence-electron chi connectivity index (χ4n) is 4.31. The maximum absolute atomic E-state index is 12.9. The summed E-state index contributed by atoms with van der Waals surface area (Å²) in [5.74, 6) is -1.08. The van der Waals surface area contributed by atoms with Gasteiger partial charge in [0.2, 0.25) is 0 Å². The van der Waals surface area contributed by atoms with Gasteiger partial charge in [-0.1, -0.05) is 18.9 Å². The lowest BCUT2D eigenvalue weighted by Crippen LogP contribution is -2.57. The first-order chi connectivity index (χ1) is 13.0. The molecule has 1 N–H and O–H groups in total. The number of anilines is 1. The standard InChI is InChI=1S/C21H25N3O3/c1-14-12-17(23-10-4-5-11-23)9-8-15(14)13-18-19(25)22-21(27)24(20(18)26)16-6-2-3-7-16/h8-9,12-13,16H,2-7,10-11H2,1H3,(H,22,25,27)/b18-13+. The molecular formula is C21H25N3O3. The summed E-state index contributed by atoms with van der Waals surface area (Å²) in [4.78, 5) is 41.0. The number of rotatable bonds is 3. The molecule has 2 heterocycles. The summed E-state index contributed by atoms with van der Waals surface area (Å²) in [7, 11) is 0. The van der Waals surface area contributed by atoms with E-state index in [0.717, 1.165) is 49.9 Å². The molecule has 1 aromatic carbocycles. The van der Waals surface area contributed by atoms with Crippen LogP contribution in [0, 0.1) is 6.92 Å². The van der Waals surface area contributed by atoms with Crippen LogP contribution in [-0.2, 0) is 9.59 Å². The minimum atomic E-state index is -0.609. The molecule has 0 unspecified atom stereocenters. The average molecular weight is 367 g/mol. The Kier molecular flexibility index (Phi) is 4.72. The Morgan fingerprint density at radius 2 is 1.74 bits per heavy atom. The first-order valence-corrected chi connectivity index (χ1v) is 9.81. The van der Waals surface area contributed by atoms with E-state index in [1.165, 1.54) is 23.4 Å². The van der Waals surface area contributed by atoms with E-state index in [4.69, 9.17) is 0 Å². The zero-order valence-corrected chi connectivity index (χ0v) is 15.7. The number of imide groups is 2. The van der Waals surface area contributed by atoms with Crippen LogP contribution in [0.5, 0.6) is 0 Å². The van der Waals surface area contributed by atoms with Crippen LogP contribution in [0.25, 0.3) is 6.08 Å². The molecule has 1 aliphatic carbocycles. The van der Waals surface area contributed by atoms with Gasteiger partial charge >= 0.3 is 6.03 Å². The third kappa shape index (κ3) is 3.36. The van der Waals surface area contributed by atoms with Crippen LogP contribution in [0.3, 0.4) is 0 Å². The number of benzene rings is 1. The number of amides is 4. The van der Waals surface area contributed by atoms with Gasteiger partial charge in [-0.2, -0.15) is 0 Å². The van der Waals surface area contributed by atoms with Crippen LogP contribution < -0.4 is 10.2 Å². The summed E-state index contributed by atoms with van der Waals surface area (Å²) < 4.78 is 0. The zero-order valence-electron chi connectivity index (χ0n) is 15.7. The van der Waals surface area contributed by atoms with Gasteiger partial charge in [-0.3, -0.25) is 19.8 Å². The molecule has 0 radical (unpaired) electrons. The highest BCUT2D eigenvalue weighted by Gasteiger charge is 2.40. The normalized spacial score (nSPS) is 22.9. The predicted molar refractivity (Wildman–Crippen MR) is 103 cm³/mol. The van der Waals surface area contributed by atoms with Crippen LogP contribution >= 0.6 is 0 Å². The number of barbiturate groups is 1. The van der Waals surface area contributed by atoms with Crippen molar-refractivity contribution in [3.63, 3.8) is 0 Å². The summed E-state index contributed by atoms with van der Waals surface area (Å²) in [6, 6.07) is 5.40. The Bertz CT molecular complexity index is 818. The Morgan fingerprint density at radius 3 is 2.41 bits per heavy atom. The van der Waals surface area contributed by atoms with Crippen molar-refractivity contribution in [3.8, 4) is 0 Å². The molecule has 6 heteroatoms. The van der Waals surface area contributed by atoms with Crippen LogP contribution in [0.2, 0.25) is 0 Å². The molecule has 0 atom stereocenters. The second-order valence-electron chi connectivity index (χ2n) is 7.67. The molecule has 2 saturated heterocycles. The third-order valence-corrected chi connectivity index (χ3v) is 5.85. The quantitative estimate of drug-likeness (QED) is 0.659. The summed E-state index contributed by atoms with van der Waals surface area (Å²) in [5.41, 5.74) is 3.06. The van der Waals surface area contributed by atoms with Gasteiger partial charge in [0.05, 0.1) is 0 Å². The number of nitrogens with one attached hydrogen (secondary N) is 1. The molecule has 0 bridgehead atoms. The first kappa shape index (κ1) is 17.8. The fourth-order valence-corrected chi connectivity index (χ4v) is 4.31. The van der Waals surface area contributed by atoms with Gasteiger partial charge in [0.25, 0.3) is 11.8 Å². The van der Waals surface area contributed by atoms with Crippen LogP contribution in [0.1, 0.15) is 49.7 Å². The predicted octanol–water partition coefficient (Wildman–Crippen LogP) is 3.00. The lowest BCUT2D eigenvalue weighted by molar-refractivity contribution is -0.131. The minimum absolute atomic E-state index is 0.0403. The van der Waals surface area contributed by atoms with E-state index in [-0.39, 0.29) is 11.6 Å². The van der Waals surface area contributed by atoms with Gasteiger partial charge in [0.15, 0.2) is 0 Å². The highest BCUT2D eigenvalue weighted by molar-refractivity contribution is 6.31. The number of aryl methyl sites for hydroxylation is 1. The van der Waals surface area contributed by atoms with Gasteiger partial charge in [0.1, 0.15) is 5.57 Å². The summed E-state index contributed by atoms with van der Waals surface area (Å²) in [6.45, 7) is 4.12. The molecule has 2 aliphatic heterocycles. The Labute approximate surface area is 159 Å². The number of nitrogens with zero attached hydrogens (tertiary/aromatic N) is 2. The number of urea groups is 1. The molecule has 0 aromatic heterocycles. The fraction of sp³-hybridized carbons (Fsp3) is 0.476. The monoisotopic (exact) mass is 367 g/mol. The topological polar surface area (TPSA) is 69.7 Å². The van der Waals surface area contributed by atoms with Crippen molar-refractivity contribution in [1.29, 1.82) is 0 Å². The molecule has 6 nitrogen and oxygen atoms in total. The summed E-state index contributed by atoms with van der Waals surface area (Å²) in [6.07, 6.45) is 7.68. The molecule has 0 spiro atoms. The molecule has 1 aromatic rings. The van der Waals surface area contributed by atoms with E-state index in [9.17, 15) is 14.4 Å². The van der Waals surface area contributed by atoms with E-state index in [2.05, 4.69) is 16.3 Å².